The Kier molecular flexibility index (Phi) is 8.49. The molecule has 0 atom stereocenters. The molecule has 0 radical (unpaired) electrons. The molecule has 7 nitrogen and oxygen atoms in total. The zero-order valence-corrected chi connectivity index (χ0v) is 21.0. The Morgan fingerprint density at radius 2 is 1.80 bits per heavy atom. The molecule has 1 N–H and O–H groups in total. The first-order valence-electron chi connectivity index (χ1n) is 10.3. The van der Waals surface area contributed by atoms with Crippen molar-refractivity contribution in [2.75, 3.05) is 25.1 Å². The summed E-state index contributed by atoms with van der Waals surface area (Å²) < 4.78 is 50.4. The standard InChI is InChI=1S/C23H20BrF3N2O5S/c1-3-33-17-11-18(34-4-2)16(24)8-13(17)9-19-21(31)29(22(32)35-19)12-20(30)28-15-7-5-6-14(10-15)23(25,26)27/h5-11H,3-4,12H2,1-2H3,(H,28,30)/b19-9-. The van der Waals surface area contributed by atoms with Gasteiger partial charge in [0.05, 0.1) is 28.2 Å². The third-order valence-electron chi connectivity index (χ3n) is 4.60. The summed E-state index contributed by atoms with van der Waals surface area (Å²) >= 11 is 4.05. The average molecular weight is 573 g/mol. The number of anilines is 1. The first kappa shape index (κ1) is 26.6. The van der Waals surface area contributed by atoms with E-state index in [9.17, 15) is 27.6 Å². The topological polar surface area (TPSA) is 84.9 Å². The SMILES string of the molecule is CCOc1cc(OCC)c(/C=C2\SC(=O)N(CC(=O)Nc3cccc(C(F)(F)F)c3)C2=O)cc1Br. The van der Waals surface area contributed by atoms with Crippen molar-refractivity contribution in [2.24, 2.45) is 0 Å². The van der Waals surface area contributed by atoms with E-state index in [2.05, 4.69) is 21.2 Å². The van der Waals surface area contributed by atoms with Crippen LogP contribution in [0.15, 0.2) is 45.8 Å². The van der Waals surface area contributed by atoms with Crippen molar-refractivity contribution in [3.8, 4) is 11.5 Å². The summed E-state index contributed by atoms with van der Waals surface area (Å²) in [7, 11) is 0. The van der Waals surface area contributed by atoms with Crippen LogP contribution in [0.1, 0.15) is 25.0 Å². The van der Waals surface area contributed by atoms with Crippen LogP contribution in [0, 0.1) is 0 Å². The maximum absolute atomic E-state index is 12.9. The van der Waals surface area contributed by atoms with Gasteiger partial charge in [0.15, 0.2) is 0 Å². The fourth-order valence-electron chi connectivity index (χ4n) is 3.10. The number of nitrogens with one attached hydrogen (secondary N) is 1. The molecule has 3 amide bonds. The molecule has 1 aliphatic rings. The number of nitrogens with zero attached hydrogens (tertiary/aromatic N) is 1. The van der Waals surface area contributed by atoms with Gasteiger partial charge in [-0.15, -0.1) is 0 Å². The molecule has 12 heteroatoms. The highest BCUT2D eigenvalue weighted by Crippen LogP contribution is 2.38. The Hall–Kier alpha value is -2.99. The number of ether oxygens (including phenoxy) is 2. The summed E-state index contributed by atoms with van der Waals surface area (Å²) in [5.41, 5.74) is -0.523. The average Bonchev–Trinajstić information content (AvgIpc) is 3.04. The number of hydrogen-bond acceptors (Lipinski definition) is 6. The summed E-state index contributed by atoms with van der Waals surface area (Å²) in [4.78, 5) is 38.4. The minimum absolute atomic E-state index is 0.0684. The van der Waals surface area contributed by atoms with Crippen LogP contribution in [0.4, 0.5) is 23.7 Å². The molecule has 0 bridgehead atoms. The zero-order valence-electron chi connectivity index (χ0n) is 18.6. The number of hydrogen-bond donors (Lipinski definition) is 1. The molecule has 2 aromatic rings. The molecule has 3 rings (SSSR count). The molecule has 0 aromatic heterocycles. The van der Waals surface area contributed by atoms with Gasteiger partial charge in [-0.2, -0.15) is 13.2 Å². The smallest absolute Gasteiger partial charge is 0.416 e. The quantitative estimate of drug-likeness (QED) is 0.394. The molecule has 0 unspecified atom stereocenters. The molecular formula is C23H20BrF3N2O5S. The molecule has 0 aliphatic carbocycles. The Balaban J connectivity index is 1.77. The number of carbonyl (C=O) groups is 3. The Bertz CT molecular complexity index is 1190. The minimum Gasteiger partial charge on any atom is -0.493 e. The van der Waals surface area contributed by atoms with Gasteiger partial charge >= 0.3 is 6.18 Å². The fraction of sp³-hybridized carbons (Fsp3) is 0.261. The lowest BCUT2D eigenvalue weighted by Crippen LogP contribution is -2.36. The number of rotatable bonds is 8. The number of halogens is 4. The van der Waals surface area contributed by atoms with Crippen LogP contribution in [-0.2, 0) is 15.8 Å². The Labute approximate surface area is 211 Å². The predicted octanol–water partition coefficient (Wildman–Crippen LogP) is 5.94. The van der Waals surface area contributed by atoms with Crippen LogP contribution in [0.2, 0.25) is 0 Å². The number of carbonyl (C=O) groups excluding carboxylic acids is 3. The lowest BCUT2D eigenvalue weighted by Gasteiger charge is -2.14. The molecule has 2 aromatic carbocycles. The van der Waals surface area contributed by atoms with E-state index in [1.54, 1.807) is 19.1 Å². The molecule has 1 aliphatic heterocycles. The van der Waals surface area contributed by atoms with E-state index in [1.165, 1.54) is 12.1 Å². The van der Waals surface area contributed by atoms with Gasteiger partial charge in [-0.3, -0.25) is 19.3 Å². The van der Waals surface area contributed by atoms with Crippen molar-refractivity contribution in [2.45, 2.75) is 20.0 Å². The molecule has 0 saturated carbocycles. The highest BCUT2D eigenvalue weighted by Gasteiger charge is 2.37. The van der Waals surface area contributed by atoms with Crippen LogP contribution in [-0.4, -0.2) is 41.7 Å². The van der Waals surface area contributed by atoms with E-state index in [0.29, 0.717) is 46.5 Å². The number of amides is 3. The monoisotopic (exact) mass is 572 g/mol. The first-order valence-corrected chi connectivity index (χ1v) is 12.0. The van der Waals surface area contributed by atoms with E-state index in [1.807, 2.05) is 6.92 Å². The van der Waals surface area contributed by atoms with E-state index in [0.717, 1.165) is 23.1 Å². The number of imide groups is 1. The molecule has 186 valence electrons. The summed E-state index contributed by atoms with van der Waals surface area (Å²) in [5.74, 6) is -0.529. The van der Waals surface area contributed by atoms with Gasteiger partial charge in [0, 0.05) is 17.3 Å². The molecular weight excluding hydrogens is 553 g/mol. The van der Waals surface area contributed by atoms with Crippen molar-refractivity contribution in [3.63, 3.8) is 0 Å². The summed E-state index contributed by atoms with van der Waals surface area (Å²) in [6.07, 6.45) is -3.10. The van der Waals surface area contributed by atoms with Crippen LogP contribution >= 0.6 is 27.7 Å². The van der Waals surface area contributed by atoms with Crippen molar-refractivity contribution < 1.29 is 37.0 Å². The third-order valence-corrected chi connectivity index (χ3v) is 6.13. The Morgan fingerprint density at radius 3 is 2.46 bits per heavy atom. The minimum atomic E-state index is -4.58. The molecule has 1 saturated heterocycles. The lowest BCUT2D eigenvalue weighted by molar-refractivity contribution is -0.137. The van der Waals surface area contributed by atoms with Crippen LogP contribution in [0.5, 0.6) is 11.5 Å². The largest absolute Gasteiger partial charge is 0.493 e. The first-order chi connectivity index (χ1) is 16.5. The lowest BCUT2D eigenvalue weighted by atomic mass is 10.1. The van der Waals surface area contributed by atoms with Crippen molar-refractivity contribution in [1.82, 2.24) is 4.90 Å². The van der Waals surface area contributed by atoms with Gasteiger partial charge < -0.3 is 14.8 Å². The third kappa shape index (κ3) is 6.57. The van der Waals surface area contributed by atoms with Crippen molar-refractivity contribution >= 4 is 56.5 Å². The zero-order chi connectivity index (χ0) is 25.8. The number of benzene rings is 2. The maximum Gasteiger partial charge on any atom is 0.416 e. The second-order valence-electron chi connectivity index (χ2n) is 7.08. The second-order valence-corrected chi connectivity index (χ2v) is 8.93. The fourth-order valence-corrected chi connectivity index (χ4v) is 4.41. The van der Waals surface area contributed by atoms with Crippen LogP contribution < -0.4 is 14.8 Å². The van der Waals surface area contributed by atoms with E-state index in [4.69, 9.17) is 9.47 Å². The Morgan fingerprint density at radius 1 is 1.11 bits per heavy atom. The van der Waals surface area contributed by atoms with Crippen LogP contribution in [0.25, 0.3) is 6.08 Å². The van der Waals surface area contributed by atoms with Gasteiger partial charge in [-0.25, -0.2) is 0 Å². The highest BCUT2D eigenvalue weighted by atomic mass is 79.9. The molecule has 1 fully saturated rings. The highest BCUT2D eigenvalue weighted by molar-refractivity contribution is 9.10. The number of thioether (sulfide) groups is 1. The van der Waals surface area contributed by atoms with Crippen molar-refractivity contribution in [1.29, 1.82) is 0 Å². The van der Waals surface area contributed by atoms with E-state index in [-0.39, 0.29) is 10.6 Å². The van der Waals surface area contributed by atoms with Gasteiger partial charge in [0.25, 0.3) is 11.1 Å². The van der Waals surface area contributed by atoms with Gasteiger partial charge in [-0.1, -0.05) is 6.07 Å². The number of alkyl halides is 3. The van der Waals surface area contributed by atoms with Crippen LogP contribution in [0.3, 0.4) is 0 Å². The normalized spacial score (nSPS) is 15.0. The molecule has 1 heterocycles. The van der Waals surface area contributed by atoms with Gasteiger partial charge in [-0.05, 0) is 71.9 Å². The van der Waals surface area contributed by atoms with Crippen molar-refractivity contribution in [3.05, 3.63) is 56.9 Å². The molecule has 0 spiro atoms. The van der Waals surface area contributed by atoms with E-state index >= 15 is 0 Å². The summed E-state index contributed by atoms with van der Waals surface area (Å²) in [6, 6.07) is 7.41. The maximum atomic E-state index is 12.9. The summed E-state index contributed by atoms with van der Waals surface area (Å²) in [5, 5.41) is 1.61. The summed E-state index contributed by atoms with van der Waals surface area (Å²) in [6.45, 7) is 3.77. The van der Waals surface area contributed by atoms with Gasteiger partial charge in [0.2, 0.25) is 5.91 Å². The van der Waals surface area contributed by atoms with E-state index < -0.39 is 35.3 Å². The second kappa shape index (κ2) is 11.2. The predicted molar refractivity (Wildman–Crippen MR) is 129 cm³/mol. The van der Waals surface area contributed by atoms with Gasteiger partial charge in [0.1, 0.15) is 18.0 Å². The molecule has 35 heavy (non-hydrogen) atoms.